The molecular formula is C57H81BrO2Si2. The van der Waals surface area contributed by atoms with Crippen molar-refractivity contribution in [3.05, 3.63) is 146 Å². The molecule has 2 saturated carbocycles. The standard InChI is InChI=1S/C29H42OSi.C28H39BrOSi/c1-9-23(2)29(8)21-20-24(28(29,6)7)22-30-31(27(3,4)5,25-16-12-10-13-17-25)26-18-14-11-15-19-26;1-26(2,3)31(24-14-9-7-10-15-24,25-16-11-8-12-17-25)30-22-23-18-20-28(6,19-13-21-29)27(23,4)5/h9-19,23-24H,1,20-22H2,2-8H3;7-17,19,23H,18,20-22H2,1-6H3/b;19-13+/t23-,24-,29+;23-,28-/m00/s1. The van der Waals surface area contributed by atoms with Crippen molar-refractivity contribution in [2.45, 2.75) is 126 Å². The number of alkyl halides is 1. The van der Waals surface area contributed by atoms with Crippen LogP contribution in [-0.2, 0) is 8.85 Å². The predicted octanol–water partition coefficient (Wildman–Crippen LogP) is 13.8. The molecule has 0 unspecified atom stereocenters. The van der Waals surface area contributed by atoms with Gasteiger partial charge in [-0.05, 0) is 95.9 Å². The van der Waals surface area contributed by atoms with Crippen molar-refractivity contribution >= 4 is 53.3 Å². The highest BCUT2D eigenvalue weighted by Crippen LogP contribution is 2.60. The zero-order valence-corrected chi connectivity index (χ0v) is 44.4. The average molecular weight is 934 g/mol. The number of rotatable bonds is 14. The Kier molecular flexibility index (Phi) is 16.0. The Bertz CT molecular complexity index is 1950. The number of halogens is 1. The molecule has 0 radical (unpaired) electrons. The van der Waals surface area contributed by atoms with E-state index < -0.39 is 16.6 Å². The van der Waals surface area contributed by atoms with Gasteiger partial charge < -0.3 is 8.85 Å². The molecule has 4 aromatic carbocycles. The Labute approximate surface area is 389 Å². The first-order valence-corrected chi connectivity index (χ1v) is 28.4. The summed E-state index contributed by atoms with van der Waals surface area (Å²) < 4.78 is 14.6. The van der Waals surface area contributed by atoms with Crippen molar-refractivity contribution in [3.63, 3.8) is 0 Å². The highest BCUT2D eigenvalue weighted by atomic mass is 79.9. The van der Waals surface area contributed by atoms with E-state index in [1.807, 2.05) is 0 Å². The molecular weight excluding hydrogens is 853 g/mol. The van der Waals surface area contributed by atoms with Gasteiger partial charge in [0.2, 0.25) is 0 Å². The van der Waals surface area contributed by atoms with Crippen LogP contribution in [0.3, 0.4) is 0 Å². The summed E-state index contributed by atoms with van der Waals surface area (Å²) in [5.74, 6) is 1.58. The molecule has 5 heteroatoms. The summed E-state index contributed by atoms with van der Waals surface area (Å²) in [4.78, 5) is 0. The number of allylic oxidation sites excluding steroid dienone is 3. The quantitative estimate of drug-likeness (QED) is 0.0713. The van der Waals surface area contributed by atoms with Crippen LogP contribution >= 0.6 is 15.9 Å². The fraction of sp³-hybridized carbons (Fsp3) is 0.509. The van der Waals surface area contributed by atoms with Crippen molar-refractivity contribution < 1.29 is 8.85 Å². The van der Waals surface area contributed by atoms with Gasteiger partial charge in [0.1, 0.15) is 0 Å². The van der Waals surface area contributed by atoms with Gasteiger partial charge in [-0.3, -0.25) is 0 Å². The normalized spacial score (nSPS) is 24.4. The van der Waals surface area contributed by atoms with Gasteiger partial charge in [0.15, 0.2) is 0 Å². The van der Waals surface area contributed by atoms with E-state index in [1.165, 1.54) is 46.4 Å². The lowest BCUT2D eigenvalue weighted by molar-refractivity contribution is 0.0327. The molecule has 2 aliphatic rings. The lowest BCUT2D eigenvalue weighted by Gasteiger charge is -2.47. The summed E-state index contributed by atoms with van der Waals surface area (Å²) in [6.07, 6.45) is 11.7. The fourth-order valence-corrected chi connectivity index (χ4v) is 20.9. The van der Waals surface area contributed by atoms with Crippen molar-refractivity contribution in [2.24, 2.45) is 39.4 Å². The molecule has 62 heavy (non-hydrogen) atoms. The fourth-order valence-electron chi connectivity index (χ4n) is 11.5. The maximum Gasteiger partial charge on any atom is 0.261 e. The predicted molar refractivity (Wildman–Crippen MR) is 279 cm³/mol. The molecule has 6 rings (SSSR count). The highest BCUT2D eigenvalue weighted by molar-refractivity contribution is 9.09. The molecule has 5 atom stereocenters. The van der Waals surface area contributed by atoms with Crippen LogP contribution in [0.1, 0.15) is 116 Å². The van der Waals surface area contributed by atoms with Gasteiger partial charge in [-0.25, -0.2) is 0 Å². The van der Waals surface area contributed by atoms with Gasteiger partial charge >= 0.3 is 0 Å². The molecule has 336 valence electrons. The first-order chi connectivity index (χ1) is 29.1. The summed E-state index contributed by atoms with van der Waals surface area (Å²) in [6, 6.07) is 44.0. The van der Waals surface area contributed by atoms with Gasteiger partial charge in [0.05, 0.1) is 0 Å². The summed E-state index contributed by atoms with van der Waals surface area (Å²) in [5, 5.41) is 6.44. The van der Waals surface area contributed by atoms with Gasteiger partial charge in [0, 0.05) is 18.5 Å². The molecule has 2 nitrogen and oxygen atoms in total. The minimum Gasteiger partial charge on any atom is -0.407 e. The molecule has 2 fully saturated rings. The summed E-state index contributed by atoms with van der Waals surface area (Å²) in [5.41, 5.74) is 0.859. The molecule has 0 bridgehead atoms. The topological polar surface area (TPSA) is 18.5 Å². The molecule has 0 N–H and O–H groups in total. The molecule has 0 saturated heterocycles. The van der Waals surface area contributed by atoms with E-state index in [-0.39, 0.29) is 31.7 Å². The second kappa shape index (κ2) is 19.7. The third-order valence-electron chi connectivity index (χ3n) is 16.8. The minimum absolute atomic E-state index is 0.0240. The molecule has 0 spiro atoms. The monoisotopic (exact) mass is 932 g/mol. The Hall–Kier alpha value is -2.81. The van der Waals surface area contributed by atoms with Crippen LogP contribution in [0.15, 0.2) is 146 Å². The van der Waals surface area contributed by atoms with Crippen LogP contribution in [0, 0.1) is 39.4 Å². The van der Waals surface area contributed by atoms with Gasteiger partial charge in [0.25, 0.3) is 16.6 Å². The zero-order chi connectivity index (χ0) is 45.7. The molecule has 0 amide bonds. The van der Waals surface area contributed by atoms with Gasteiger partial charge in [-0.2, -0.15) is 0 Å². The first-order valence-electron chi connectivity index (χ1n) is 23.5. The summed E-state index contributed by atoms with van der Waals surface area (Å²) >= 11 is 3.56. The number of benzene rings is 4. The van der Waals surface area contributed by atoms with Gasteiger partial charge in [-0.15, -0.1) is 6.58 Å². The Morgan fingerprint density at radius 1 is 0.597 bits per heavy atom. The van der Waals surface area contributed by atoms with Crippen LogP contribution in [-0.4, -0.2) is 35.2 Å². The van der Waals surface area contributed by atoms with E-state index in [9.17, 15) is 0 Å². The van der Waals surface area contributed by atoms with E-state index in [1.54, 1.807) is 0 Å². The molecule has 4 aromatic rings. The lowest BCUT2D eigenvalue weighted by Crippen LogP contribution is -2.67. The van der Waals surface area contributed by atoms with Crippen molar-refractivity contribution in [1.29, 1.82) is 0 Å². The van der Waals surface area contributed by atoms with Crippen LogP contribution in [0.4, 0.5) is 0 Å². The second-order valence-corrected chi connectivity index (χ2v) is 31.5. The smallest absolute Gasteiger partial charge is 0.261 e. The largest absolute Gasteiger partial charge is 0.407 e. The molecule has 2 aliphatic carbocycles. The van der Waals surface area contributed by atoms with Crippen LogP contribution in [0.2, 0.25) is 10.1 Å². The van der Waals surface area contributed by atoms with Crippen molar-refractivity contribution in [2.75, 3.05) is 18.5 Å². The highest BCUT2D eigenvalue weighted by Gasteiger charge is 2.57. The Morgan fingerprint density at radius 2 is 0.935 bits per heavy atom. The summed E-state index contributed by atoms with van der Waals surface area (Å²) in [7, 11) is -4.96. The first kappa shape index (κ1) is 50.2. The zero-order valence-electron chi connectivity index (χ0n) is 40.9. The SMILES string of the molecule is C=C[C@H](C)[C@@]1(C)CC[C@@H](CO[Si](c2ccccc2)(c2ccccc2)C(C)(C)C)C1(C)C.CC1(C)[C@H](CO[Si](c2ccccc2)(c2ccccc2)C(C)(C)C)CC[C@]1(C)/C=C/CBr. The second-order valence-electron chi connectivity index (χ2n) is 22.3. The third kappa shape index (κ3) is 9.46. The van der Waals surface area contributed by atoms with E-state index >= 15 is 0 Å². The van der Waals surface area contributed by atoms with E-state index in [2.05, 4.69) is 252 Å². The van der Waals surface area contributed by atoms with E-state index in [0.717, 1.165) is 18.5 Å². The van der Waals surface area contributed by atoms with Gasteiger partial charge in [-0.1, -0.05) is 245 Å². The van der Waals surface area contributed by atoms with E-state index in [4.69, 9.17) is 8.85 Å². The van der Waals surface area contributed by atoms with Crippen molar-refractivity contribution in [1.82, 2.24) is 0 Å². The van der Waals surface area contributed by atoms with Crippen LogP contribution in [0.5, 0.6) is 0 Å². The third-order valence-corrected chi connectivity index (χ3v) is 27.2. The van der Waals surface area contributed by atoms with Crippen LogP contribution in [0.25, 0.3) is 0 Å². The maximum absolute atomic E-state index is 7.31. The van der Waals surface area contributed by atoms with Crippen LogP contribution < -0.4 is 20.7 Å². The summed E-state index contributed by atoms with van der Waals surface area (Å²) in [6.45, 7) is 37.0. The number of hydrogen-bond acceptors (Lipinski definition) is 2. The molecule has 0 aliphatic heterocycles. The average Bonchev–Trinajstić information content (AvgIpc) is 3.62. The maximum atomic E-state index is 7.31. The lowest BCUT2D eigenvalue weighted by atomic mass is 9.60. The Morgan fingerprint density at radius 3 is 1.26 bits per heavy atom. The van der Waals surface area contributed by atoms with E-state index in [0.29, 0.717) is 17.8 Å². The Balaban J connectivity index is 0.000000234. The van der Waals surface area contributed by atoms with Crippen molar-refractivity contribution in [3.8, 4) is 0 Å². The number of hydrogen-bond donors (Lipinski definition) is 0. The molecule has 0 aromatic heterocycles. The molecule has 0 heterocycles. The minimum atomic E-state index is -2.48.